The van der Waals surface area contributed by atoms with E-state index in [0.29, 0.717) is 6.07 Å². The van der Waals surface area contributed by atoms with Gasteiger partial charge in [0.2, 0.25) is 5.91 Å². The minimum atomic E-state index is -0.902. The maximum atomic E-state index is 13.2. The third-order valence-corrected chi connectivity index (χ3v) is 1.85. The van der Waals surface area contributed by atoms with Gasteiger partial charge in [0.15, 0.2) is 5.82 Å². The normalized spacial score (nSPS) is 9.80. The molecule has 1 aromatic rings. The Morgan fingerprint density at radius 2 is 2.20 bits per heavy atom. The molecule has 5 nitrogen and oxygen atoms in total. The predicted molar refractivity (Wildman–Crippen MR) is 52.4 cm³/mol. The standard InChI is InChI=1S/C8H6ClFN2O3/c1-4(13)11-7-2-5(9)8(12(14)15)3-6(7)10/h2-3H,1H3,(H,11,13). The number of carbonyl (C=O) groups is 1. The van der Waals surface area contributed by atoms with Crippen molar-refractivity contribution in [3.05, 3.63) is 33.1 Å². The van der Waals surface area contributed by atoms with Crippen LogP contribution in [-0.2, 0) is 4.79 Å². The first-order chi connectivity index (χ1) is 6.91. The largest absolute Gasteiger partial charge is 0.324 e. The summed E-state index contributed by atoms with van der Waals surface area (Å²) in [7, 11) is 0. The molecule has 1 amide bonds. The second-order valence-electron chi connectivity index (χ2n) is 2.72. The molecule has 0 unspecified atom stereocenters. The van der Waals surface area contributed by atoms with Crippen LogP contribution < -0.4 is 5.32 Å². The molecule has 0 fully saturated rings. The SMILES string of the molecule is CC(=O)Nc1cc(Cl)c([N+](=O)[O-])cc1F. The molecule has 0 saturated heterocycles. The molecule has 0 saturated carbocycles. The van der Waals surface area contributed by atoms with Crippen molar-refractivity contribution in [3.8, 4) is 0 Å². The van der Waals surface area contributed by atoms with Gasteiger partial charge in [-0.25, -0.2) is 4.39 Å². The molecule has 1 aromatic carbocycles. The summed E-state index contributed by atoms with van der Waals surface area (Å²) in [5, 5.41) is 12.3. The van der Waals surface area contributed by atoms with Crippen LogP contribution in [0.3, 0.4) is 0 Å². The van der Waals surface area contributed by atoms with Crippen LogP contribution in [0, 0.1) is 15.9 Å². The fraction of sp³-hybridized carbons (Fsp3) is 0.125. The number of nitrogens with one attached hydrogen (secondary N) is 1. The number of anilines is 1. The number of halogens is 2. The molecule has 0 spiro atoms. The zero-order chi connectivity index (χ0) is 11.6. The van der Waals surface area contributed by atoms with Crippen LogP contribution in [0.2, 0.25) is 5.02 Å². The molecule has 15 heavy (non-hydrogen) atoms. The van der Waals surface area contributed by atoms with Gasteiger partial charge in [-0.15, -0.1) is 0 Å². The van der Waals surface area contributed by atoms with E-state index in [2.05, 4.69) is 5.32 Å². The van der Waals surface area contributed by atoms with Gasteiger partial charge in [0.1, 0.15) is 5.02 Å². The number of amides is 1. The van der Waals surface area contributed by atoms with E-state index in [0.717, 1.165) is 6.07 Å². The van der Waals surface area contributed by atoms with E-state index in [-0.39, 0.29) is 10.7 Å². The van der Waals surface area contributed by atoms with Crippen molar-refractivity contribution < 1.29 is 14.1 Å². The summed E-state index contributed by atoms with van der Waals surface area (Å²) < 4.78 is 13.2. The van der Waals surface area contributed by atoms with Gasteiger partial charge in [-0.05, 0) is 6.07 Å². The zero-order valence-electron chi connectivity index (χ0n) is 7.58. The van der Waals surface area contributed by atoms with Gasteiger partial charge in [0.25, 0.3) is 5.69 Å². The molecule has 1 rings (SSSR count). The van der Waals surface area contributed by atoms with Crippen molar-refractivity contribution in [2.45, 2.75) is 6.92 Å². The zero-order valence-corrected chi connectivity index (χ0v) is 8.34. The summed E-state index contributed by atoms with van der Waals surface area (Å²) in [6, 6.07) is 1.66. The van der Waals surface area contributed by atoms with Crippen LogP contribution in [0.5, 0.6) is 0 Å². The van der Waals surface area contributed by atoms with Crippen LogP contribution in [0.25, 0.3) is 0 Å². The van der Waals surface area contributed by atoms with Crippen molar-refractivity contribution >= 4 is 28.9 Å². The number of nitrogens with zero attached hydrogens (tertiary/aromatic N) is 1. The highest BCUT2D eigenvalue weighted by Gasteiger charge is 2.17. The summed E-state index contributed by atoms with van der Waals surface area (Å²) in [4.78, 5) is 20.2. The van der Waals surface area contributed by atoms with Gasteiger partial charge in [0.05, 0.1) is 16.7 Å². The Bertz CT molecular complexity index is 436. The van der Waals surface area contributed by atoms with Crippen molar-refractivity contribution in [2.24, 2.45) is 0 Å². The summed E-state index contributed by atoms with van der Waals surface area (Å²) in [6.45, 7) is 1.19. The van der Waals surface area contributed by atoms with Gasteiger partial charge in [-0.3, -0.25) is 14.9 Å². The lowest BCUT2D eigenvalue weighted by atomic mass is 10.2. The molecular formula is C8H6ClFN2O3. The van der Waals surface area contributed by atoms with Crippen LogP contribution in [0.1, 0.15) is 6.92 Å². The van der Waals surface area contributed by atoms with Crippen LogP contribution in [-0.4, -0.2) is 10.8 Å². The summed E-state index contributed by atoms with van der Waals surface area (Å²) in [6.07, 6.45) is 0. The molecule has 0 aliphatic rings. The minimum absolute atomic E-state index is 0.182. The van der Waals surface area contributed by atoms with Gasteiger partial charge in [0, 0.05) is 6.92 Å². The van der Waals surface area contributed by atoms with Crippen LogP contribution in [0.15, 0.2) is 12.1 Å². The Hall–Kier alpha value is -1.69. The van der Waals surface area contributed by atoms with Crippen molar-refractivity contribution in [1.29, 1.82) is 0 Å². The average molecular weight is 233 g/mol. The fourth-order valence-corrected chi connectivity index (χ4v) is 1.19. The number of nitro groups is 1. The third kappa shape index (κ3) is 2.63. The van der Waals surface area contributed by atoms with E-state index < -0.39 is 22.3 Å². The van der Waals surface area contributed by atoms with Crippen LogP contribution >= 0.6 is 11.6 Å². The lowest BCUT2D eigenvalue weighted by Gasteiger charge is -2.04. The fourth-order valence-electron chi connectivity index (χ4n) is 0.962. The van der Waals surface area contributed by atoms with Crippen molar-refractivity contribution in [1.82, 2.24) is 0 Å². The number of hydrogen-bond donors (Lipinski definition) is 1. The molecule has 0 aliphatic heterocycles. The van der Waals surface area contributed by atoms with E-state index in [1.165, 1.54) is 6.92 Å². The quantitative estimate of drug-likeness (QED) is 0.628. The minimum Gasteiger partial charge on any atom is -0.324 e. The number of rotatable bonds is 2. The van der Waals surface area contributed by atoms with Crippen molar-refractivity contribution in [2.75, 3.05) is 5.32 Å². The number of nitro benzene ring substituents is 1. The first-order valence-corrected chi connectivity index (χ1v) is 4.20. The lowest BCUT2D eigenvalue weighted by molar-refractivity contribution is -0.384. The maximum absolute atomic E-state index is 13.2. The highest BCUT2D eigenvalue weighted by molar-refractivity contribution is 6.33. The predicted octanol–water partition coefficient (Wildman–Crippen LogP) is 2.35. The maximum Gasteiger partial charge on any atom is 0.290 e. The molecule has 0 radical (unpaired) electrons. The highest BCUT2D eigenvalue weighted by atomic mass is 35.5. The Morgan fingerprint density at radius 3 is 2.67 bits per heavy atom. The molecule has 0 aromatic heterocycles. The molecule has 0 bridgehead atoms. The Balaban J connectivity index is 3.19. The molecule has 7 heteroatoms. The molecule has 1 N–H and O–H groups in total. The second-order valence-corrected chi connectivity index (χ2v) is 3.13. The highest BCUT2D eigenvalue weighted by Crippen LogP contribution is 2.29. The first kappa shape index (κ1) is 11.4. The van der Waals surface area contributed by atoms with E-state index in [1.807, 2.05) is 0 Å². The number of carbonyl (C=O) groups excluding carboxylic acids is 1. The van der Waals surface area contributed by atoms with Gasteiger partial charge >= 0.3 is 0 Å². The van der Waals surface area contributed by atoms with Crippen molar-refractivity contribution in [3.63, 3.8) is 0 Å². The summed E-state index contributed by atoms with van der Waals surface area (Å²) in [5.41, 5.74) is -0.721. The monoisotopic (exact) mass is 232 g/mol. The summed E-state index contributed by atoms with van der Waals surface area (Å²) >= 11 is 5.52. The first-order valence-electron chi connectivity index (χ1n) is 3.83. The smallest absolute Gasteiger partial charge is 0.290 e. The molecule has 80 valence electrons. The van der Waals surface area contributed by atoms with Gasteiger partial charge in [-0.2, -0.15) is 0 Å². The van der Waals surface area contributed by atoms with Crippen LogP contribution in [0.4, 0.5) is 15.8 Å². The molecule has 0 atom stereocenters. The van der Waals surface area contributed by atoms with Gasteiger partial charge < -0.3 is 5.32 Å². The Labute approximate surface area is 89.0 Å². The molecule has 0 aliphatic carbocycles. The summed E-state index contributed by atoms with van der Waals surface area (Å²) in [5.74, 6) is -1.39. The van der Waals surface area contributed by atoms with E-state index in [1.54, 1.807) is 0 Å². The number of benzene rings is 1. The molecular weight excluding hydrogens is 227 g/mol. The average Bonchev–Trinajstić information content (AvgIpc) is 2.09. The molecule has 0 heterocycles. The topological polar surface area (TPSA) is 72.2 Å². The Kier molecular flexibility index (Phi) is 3.21. The van der Waals surface area contributed by atoms with E-state index in [4.69, 9.17) is 11.6 Å². The lowest BCUT2D eigenvalue weighted by Crippen LogP contribution is -2.07. The van der Waals surface area contributed by atoms with E-state index >= 15 is 0 Å². The van der Waals surface area contributed by atoms with E-state index in [9.17, 15) is 19.3 Å². The number of hydrogen-bond acceptors (Lipinski definition) is 3. The Morgan fingerprint density at radius 1 is 1.60 bits per heavy atom. The van der Waals surface area contributed by atoms with Gasteiger partial charge in [-0.1, -0.05) is 11.6 Å². The second kappa shape index (κ2) is 4.22. The third-order valence-electron chi connectivity index (χ3n) is 1.54.